The summed E-state index contributed by atoms with van der Waals surface area (Å²) in [5, 5.41) is 23.7. The lowest BCUT2D eigenvalue weighted by molar-refractivity contribution is -0.129. The van der Waals surface area contributed by atoms with Crippen molar-refractivity contribution in [2.45, 2.75) is 5.60 Å². The molecular weight excluding hydrogens is 274 g/mol. The zero-order chi connectivity index (χ0) is 14.6. The summed E-state index contributed by atoms with van der Waals surface area (Å²) >= 11 is 0. The molecule has 0 saturated heterocycles. The van der Waals surface area contributed by atoms with Gasteiger partial charge in [0, 0.05) is 22.9 Å². The van der Waals surface area contributed by atoms with E-state index in [0.717, 1.165) is 0 Å². The molecule has 0 bridgehead atoms. The van der Waals surface area contributed by atoms with E-state index >= 15 is 0 Å². The number of para-hydroxylation sites is 1. The molecule has 0 radical (unpaired) electrons. The van der Waals surface area contributed by atoms with Crippen molar-refractivity contribution in [1.29, 1.82) is 0 Å². The van der Waals surface area contributed by atoms with Crippen molar-refractivity contribution in [2.75, 3.05) is 12.1 Å². The smallest absolute Gasteiger partial charge is 0.266 e. The second-order valence-corrected chi connectivity index (χ2v) is 4.93. The molecule has 106 valence electrons. The van der Waals surface area contributed by atoms with Gasteiger partial charge in [0.15, 0.2) is 17.1 Å². The first-order chi connectivity index (χ1) is 10.1. The van der Waals surface area contributed by atoms with Crippen LogP contribution in [0.4, 0.5) is 5.69 Å². The fraction of sp³-hybridized carbons (Fsp3) is 0.133. The molecule has 0 spiro atoms. The van der Waals surface area contributed by atoms with Gasteiger partial charge in [0.1, 0.15) is 5.75 Å². The summed E-state index contributed by atoms with van der Waals surface area (Å²) in [5.74, 6) is -0.0774. The molecule has 2 heterocycles. The maximum absolute atomic E-state index is 12.3. The number of benzene rings is 2. The first kappa shape index (κ1) is 12.0. The molecule has 6 heteroatoms. The van der Waals surface area contributed by atoms with Gasteiger partial charge in [-0.25, -0.2) is 0 Å². The van der Waals surface area contributed by atoms with Gasteiger partial charge in [-0.1, -0.05) is 18.2 Å². The fourth-order valence-corrected chi connectivity index (χ4v) is 2.73. The Hall–Kier alpha value is -2.73. The van der Waals surface area contributed by atoms with Crippen molar-refractivity contribution in [3.63, 3.8) is 0 Å². The number of hydrogen-bond acceptors (Lipinski definition) is 5. The van der Waals surface area contributed by atoms with Crippen molar-refractivity contribution >= 4 is 11.6 Å². The van der Waals surface area contributed by atoms with Crippen LogP contribution in [0.2, 0.25) is 0 Å². The van der Waals surface area contributed by atoms with E-state index in [1.54, 1.807) is 24.3 Å². The number of rotatable bonds is 1. The van der Waals surface area contributed by atoms with E-state index in [2.05, 4.69) is 5.32 Å². The zero-order valence-electron chi connectivity index (χ0n) is 10.8. The second-order valence-electron chi connectivity index (χ2n) is 4.93. The topological polar surface area (TPSA) is 88.0 Å². The number of phenolic OH excluding ortho intramolecular Hbond substituents is 1. The number of carbonyl (C=O) groups excluding carboxylic acids is 1. The van der Waals surface area contributed by atoms with E-state index in [1.165, 1.54) is 12.1 Å². The molecule has 1 unspecified atom stereocenters. The Labute approximate surface area is 119 Å². The van der Waals surface area contributed by atoms with Crippen molar-refractivity contribution in [1.82, 2.24) is 0 Å². The molecule has 21 heavy (non-hydrogen) atoms. The van der Waals surface area contributed by atoms with E-state index in [4.69, 9.17) is 9.47 Å². The average Bonchev–Trinajstić information content (AvgIpc) is 3.02. The molecule has 0 aliphatic carbocycles. The standard InChI is InChI=1S/C15H11NO5/c17-11-6-13-12(20-7-21-13)5-9(11)15(19)8-3-1-2-4-10(8)16-14(15)18/h1-6,17,19H,7H2,(H,16,18). The molecule has 0 aromatic heterocycles. The molecule has 1 amide bonds. The van der Waals surface area contributed by atoms with Crippen LogP contribution >= 0.6 is 0 Å². The number of phenols is 1. The third kappa shape index (κ3) is 1.47. The highest BCUT2D eigenvalue weighted by Gasteiger charge is 2.48. The van der Waals surface area contributed by atoms with Gasteiger partial charge in [-0.3, -0.25) is 4.79 Å². The monoisotopic (exact) mass is 285 g/mol. The maximum Gasteiger partial charge on any atom is 0.266 e. The minimum Gasteiger partial charge on any atom is -0.507 e. The summed E-state index contributed by atoms with van der Waals surface area (Å²) in [7, 11) is 0. The first-order valence-electron chi connectivity index (χ1n) is 6.37. The average molecular weight is 285 g/mol. The van der Waals surface area contributed by atoms with E-state index < -0.39 is 11.5 Å². The Morgan fingerprint density at radius 3 is 2.62 bits per heavy atom. The van der Waals surface area contributed by atoms with Gasteiger partial charge in [-0.05, 0) is 12.1 Å². The lowest BCUT2D eigenvalue weighted by atomic mass is 9.86. The third-order valence-corrected chi connectivity index (χ3v) is 3.77. The van der Waals surface area contributed by atoms with Gasteiger partial charge >= 0.3 is 0 Å². The number of hydrogen-bond donors (Lipinski definition) is 3. The van der Waals surface area contributed by atoms with Crippen LogP contribution in [0.3, 0.4) is 0 Å². The van der Waals surface area contributed by atoms with Gasteiger partial charge < -0.3 is 25.0 Å². The Morgan fingerprint density at radius 2 is 1.81 bits per heavy atom. The van der Waals surface area contributed by atoms with E-state index in [9.17, 15) is 15.0 Å². The van der Waals surface area contributed by atoms with Crippen LogP contribution in [0.1, 0.15) is 11.1 Å². The molecule has 2 aromatic carbocycles. The highest BCUT2D eigenvalue weighted by Crippen LogP contribution is 2.47. The van der Waals surface area contributed by atoms with Crippen LogP contribution in [0, 0.1) is 0 Å². The Bertz CT molecular complexity index is 773. The molecule has 0 fully saturated rings. The number of aliphatic hydroxyl groups is 1. The quantitative estimate of drug-likeness (QED) is 0.735. The number of amides is 1. The number of carbonyl (C=O) groups is 1. The van der Waals surface area contributed by atoms with Gasteiger partial charge in [0.2, 0.25) is 6.79 Å². The number of ether oxygens (including phenoxy) is 2. The molecule has 2 aliphatic heterocycles. The highest BCUT2D eigenvalue weighted by molar-refractivity contribution is 6.07. The van der Waals surface area contributed by atoms with E-state index in [0.29, 0.717) is 22.7 Å². The minimum absolute atomic E-state index is 0.0411. The minimum atomic E-state index is -1.96. The van der Waals surface area contributed by atoms with Gasteiger partial charge in [-0.2, -0.15) is 0 Å². The van der Waals surface area contributed by atoms with Crippen molar-refractivity contribution in [3.8, 4) is 17.2 Å². The van der Waals surface area contributed by atoms with E-state index in [-0.39, 0.29) is 18.1 Å². The molecule has 3 N–H and O–H groups in total. The van der Waals surface area contributed by atoms with Crippen LogP contribution in [-0.2, 0) is 10.4 Å². The van der Waals surface area contributed by atoms with Crippen molar-refractivity contribution < 1.29 is 24.5 Å². The number of nitrogens with one attached hydrogen (secondary N) is 1. The molecule has 2 aromatic rings. The summed E-state index contributed by atoms with van der Waals surface area (Å²) in [6.07, 6.45) is 0. The van der Waals surface area contributed by atoms with E-state index in [1.807, 2.05) is 0 Å². The number of aromatic hydroxyl groups is 1. The molecule has 2 aliphatic rings. The fourth-order valence-electron chi connectivity index (χ4n) is 2.73. The van der Waals surface area contributed by atoms with Gasteiger partial charge in [-0.15, -0.1) is 0 Å². The molecule has 6 nitrogen and oxygen atoms in total. The summed E-state index contributed by atoms with van der Waals surface area (Å²) in [6, 6.07) is 9.56. The first-order valence-corrected chi connectivity index (χ1v) is 6.37. The number of anilines is 1. The largest absolute Gasteiger partial charge is 0.507 e. The van der Waals surface area contributed by atoms with Crippen molar-refractivity contribution in [3.05, 3.63) is 47.5 Å². The molecular formula is C15H11NO5. The Morgan fingerprint density at radius 1 is 1.10 bits per heavy atom. The van der Waals surface area contributed by atoms with Crippen molar-refractivity contribution in [2.24, 2.45) is 0 Å². The molecule has 0 saturated carbocycles. The van der Waals surface area contributed by atoms with Crippen LogP contribution < -0.4 is 14.8 Å². The second kappa shape index (κ2) is 3.89. The number of fused-ring (bicyclic) bond motifs is 2. The van der Waals surface area contributed by atoms with Crippen LogP contribution in [0.25, 0.3) is 0 Å². The summed E-state index contributed by atoms with van der Waals surface area (Å²) in [6.45, 7) is 0.0411. The van der Waals surface area contributed by atoms with Crippen LogP contribution in [0.5, 0.6) is 17.2 Å². The Balaban J connectivity index is 1.96. The summed E-state index contributed by atoms with van der Waals surface area (Å²) < 4.78 is 10.4. The predicted molar refractivity (Wildman–Crippen MR) is 72.3 cm³/mol. The highest BCUT2D eigenvalue weighted by atomic mass is 16.7. The SMILES string of the molecule is O=C1Nc2ccccc2C1(O)c1cc2c(cc1O)OCO2. The molecule has 1 atom stereocenters. The third-order valence-electron chi connectivity index (χ3n) is 3.77. The maximum atomic E-state index is 12.3. The predicted octanol–water partition coefficient (Wildman–Crippen LogP) is 1.31. The van der Waals surface area contributed by atoms with Crippen LogP contribution in [0.15, 0.2) is 36.4 Å². The zero-order valence-corrected chi connectivity index (χ0v) is 10.8. The van der Waals surface area contributed by atoms with Crippen LogP contribution in [-0.4, -0.2) is 22.9 Å². The van der Waals surface area contributed by atoms with Gasteiger partial charge in [0.05, 0.1) is 0 Å². The summed E-state index contributed by atoms with van der Waals surface area (Å²) in [5.41, 5.74) is -0.984. The molecule has 4 rings (SSSR count). The lowest BCUT2D eigenvalue weighted by Crippen LogP contribution is -2.35. The lowest BCUT2D eigenvalue weighted by Gasteiger charge is -2.22. The Kier molecular flexibility index (Phi) is 2.23. The summed E-state index contributed by atoms with van der Waals surface area (Å²) in [4.78, 5) is 12.3. The normalized spacial score (nSPS) is 22.0. The van der Waals surface area contributed by atoms with Gasteiger partial charge in [0.25, 0.3) is 5.91 Å².